The number of hydrogen-bond acceptors (Lipinski definition) is 7. The van der Waals surface area contributed by atoms with Crippen LogP contribution in [0.4, 0.5) is 35.0 Å². The third-order valence-corrected chi connectivity index (χ3v) is 6.35. The fourth-order valence-electron chi connectivity index (χ4n) is 4.00. The molecule has 0 spiro atoms. The molecule has 9 nitrogen and oxygen atoms in total. The number of anilines is 3. The minimum atomic E-state index is -4.46. The van der Waals surface area contributed by atoms with Gasteiger partial charge in [-0.2, -0.15) is 18.3 Å². The Morgan fingerprint density at radius 3 is 2.53 bits per heavy atom. The van der Waals surface area contributed by atoms with Gasteiger partial charge in [-0.15, -0.1) is 0 Å². The molecule has 1 saturated carbocycles. The topological polar surface area (TPSA) is 111 Å². The van der Waals surface area contributed by atoms with Gasteiger partial charge < -0.3 is 15.2 Å². The van der Waals surface area contributed by atoms with Crippen molar-refractivity contribution in [3.63, 3.8) is 0 Å². The first-order chi connectivity index (χ1) is 18.1. The molecule has 0 bridgehead atoms. The molecule has 5 rings (SSSR count). The second-order valence-corrected chi connectivity index (χ2v) is 9.00. The van der Waals surface area contributed by atoms with Gasteiger partial charge in [0.25, 0.3) is 0 Å². The van der Waals surface area contributed by atoms with Gasteiger partial charge in [0, 0.05) is 36.8 Å². The first-order valence-electron chi connectivity index (χ1n) is 11.6. The van der Waals surface area contributed by atoms with Gasteiger partial charge in [0.1, 0.15) is 11.2 Å². The molecule has 197 valence electrons. The molecule has 0 saturated heterocycles. The van der Waals surface area contributed by atoms with Gasteiger partial charge in [0.15, 0.2) is 11.6 Å². The fourth-order valence-corrected chi connectivity index (χ4v) is 4.00. The smallest absolute Gasteiger partial charge is 0.358 e. The predicted molar refractivity (Wildman–Crippen MR) is 129 cm³/mol. The van der Waals surface area contributed by atoms with Crippen LogP contribution in [-0.2, 0) is 23.2 Å². The van der Waals surface area contributed by atoms with Crippen molar-refractivity contribution < 1.29 is 26.9 Å². The molecule has 1 fully saturated rings. The first kappa shape index (κ1) is 25.4. The molecule has 1 amide bonds. The lowest BCUT2D eigenvalue weighted by atomic mass is 10.0. The average molecular weight is 528 g/mol. The van der Waals surface area contributed by atoms with Crippen LogP contribution >= 0.6 is 0 Å². The molecule has 3 heterocycles. The van der Waals surface area contributed by atoms with Crippen molar-refractivity contribution in [2.45, 2.75) is 44.3 Å². The highest BCUT2D eigenvalue weighted by atomic mass is 19.4. The lowest BCUT2D eigenvalue weighted by Gasteiger charge is -2.14. The Bertz CT molecular complexity index is 1470. The number of carbonyl (C=O) groups excluding carboxylic acids is 1. The first-order valence-corrected chi connectivity index (χ1v) is 11.6. The third-order valence-electron chi connectivity index (χ3n) is 6.35. The highest BCUT2D eigenvalue weighted by Crippen LogP contribution is 2.59. The molecule has 0 atom stereocenters. The number of aromatic nitrogens is 5. The molecule has 38 heavy (non-hydrogen) atoms. The zero-order valence-electron chi connectivity index (χ0n) is 20.1. The fraction of sp³-hybridized carbons (Fsp3) is 0.280. The van der Waals surface area contributed by atoms with E-state index in [2.05, 4.69) is 37.8 Å². The van der Waals surface area contributed by atoms with Gasteiger partial charge in [-0.05, 0) is 43.9 Å². The highest BCUT2D eigenvalue weighted by molar-refractivity contribution is 5.91. The Kier molecular flexibility index (Phi) is 6.37. The van der Waals surface area contributed by atoms with Gasteiger partial charge in [-0.3, -0.25) is 9.48 Å². The molecule has 2 N–H and O–H groups in total. The molecular weight excluding hydrogens is 506 g/mol. The zero-order valence-corrected chi connectivity index (χ0v) is 20.1. The highest BCUT2D eigenvalue weighted by Gasteiger charge is 2.66. The summed E-state index contributed by atoms with van der Waals surface area (Å²) in [5.74, 6) is -1.44. The maximum Gasteiger partial charge on any atom is 0.401 e. The predicted octanol–water partition coefficient (Wildman–Crippen LogP) is 5.13. The summed E-state index contributed by atoms with van der Waals surface area (Å²) in [5.41, 5.74) is 0.620. The van der Waals surface area contributed by atoms with Crippen molar-refractivity contribution in [1.82, 2.24) is 24.9 Å². The normalized spacial score (nSPS) is 14.4. The largest absolute Gasteiger partial charge is 0.401 e. The lowest BCUT2D eigenvalue weighted by molar-refractivity contribution is -0.165. The van der Waals surface area contributed by atoms with Crippen molar-refractivity contribution in [1.29, 1.82) is 0 Å². The van der Waals surface area contributed by atoms with Gasteiger partial charge in [0.2, 0.25) is 11.9 Å². The Morgan fingerprint density at radius 2 is 1.92 bits per heavy atom. The summed E-state index contributed by atoms with van der Waals surface area (Å²) in [6.07, 6.45) is -0.140. The van der Waals surface area contributed by atoms with E-state index in [0.717, 1.165) is 17.4 Å². The second kappa shape index (κ2) is 9.54. The Balaban J connectivity index is 1.21. The zero-order chi connectivity index (χ0) is 27.1. The van der Waals surface area contributed by atoms with Crippen LogP contribution in [0.5, 0.6) is 0 Å². The minimum Gasteiger partial charge on any atom is -0.358 e. The molecule has 1 aromatic carbocycles. The van der Waals surface area contributed by atoms with Crippen LogP contribution in [0.25, 0.3) is 11.1 Å². The summed E-state index contributed by atoms with van der Waals surface area (Å²) in [4.78, 5) is 20.9. The molecule has 13 heteroatoms. The summed E-state index contributed by atoms with van der Waals surface area (Å²) >= 11 is 0. The Labute approximate surface area is 214 Å². The van der Waals surface area contributed by atoms with E-state index in [1.165, 1.54) is 24.5 Å². The van der Waals surface area contributed by atoms with Crippen LogP contribution in [0.15, 0.2) is 47.4 Å². The molecule has 1 aliphatic rings. The molecule has 0 unspecified atom stereocenters. The number of nitrogens with one attached hydrogen (secondary N) is 2. The van der Waals surface area contributed by atoms with E-state index in [1.807, 2.05) is 6.92 Å². The van der Waals surface area contributed by atoms with Gasteiger partial charge in [-0.25, -0.2) is 14.4 Å². The molecule has 1 aliphatic carbocycles. The number of aryl methyl sites for hydroxylation is 1. The maximum absolute atomic E-state index is 14.8. The Hall–Kier alpha value is -4.29. The minimum absolute atomic E-state index is 0.0941. The van der Waals surface area contributed by atoms with E-state index >= 15 is 0 Å². The van der Waals surface area contributed by atoms with E-state index in [0.29, 0.717) is 23.6 Å². The SMILES string of the molecule is [CH2]Cn1cc(Nc2ncc(-c3ccc(CC(=O)Nc4cc(C5(C(F)(F)F)CC5)on4)c(F)c3)cn2)c(C)n1. The van der Waals surface area contributed by atoms with Gasteiger partial charge >= 0.3 is 6.18 Å². The van der Waals surface area contributed by atoms with Crippen LogP contribution in [0, 0.1) is 19.7 Å². The van der Waals surface area contributed by atoms with Crippen LogP contribution < -0.4 is 10.6 Å². The van der Waals surface area contributed by atoms with E-state index in [4.69, 9.17) is 4.52 Å². The number of halogens is 4. The molecule has 4 aromatic rings. The van der Waals surface area contributed by atoms with Crippen molar-refractivity contribution in [2.24, 2.45) is 0 Å². The summed E-state index contributed by atoms with van der Waals surface area (Å²) < 4.78 is 61.0. The van der Waals surface area contributed by atoms with E-state index in [-0.39, 0.29) is 36.4 Å². The summed E-state index contributed by atoms with van der Waals surface area (Å²) in [6.45, 7) is 6.10. The standard InChI is InChI=1S/C25H22F4N7O2/c1-3-36-13-19(14(2)34-36)32-23-30-11-17(12-31-23)15-4-5-16(18(26)8-15)9-22(37)33-21-10-20(38-35-21)24(6-7-24)25(27,28)29/h4-5,8,10-13H,1,3,6-7,9H2,2H3,(H,30,31,32)(H,33,35,37). The quantitative estimate of drug-likeness (QED) is 0.305. The third kappa shape index (κ3) is 4.95. The summed E-state index contributed by atoms with van der Waals surface area (Å²) in [5, 5.41) is 13.2. The Morgan fingerprint density at radius 1 is 1.18 bits per heavy atom. The van der Waals surface area contributed by atoms with Crippen LogP contribution in [-0.4, -0.2) is 37.0 Å². The van der Waals surface area contributed by atoms with Crippen LogP contribution in [0.2, 0.25) is 0 Å². The number of hydrogen-bond donors (Lipinski definition) is 2. The second-order valence-electron chi connectivity index (χ2n) is 9.00. The van der Waals surface area contributed by atoms with Crippen molar-refractivity contribution in [2.75, 3.05) is 10.6 Å². The molecule has 3 aromatic heterocycles. The van der Waals surface area contributed by atoms with Crippen LogP contribution in [0.1, 0.15) is 29.9 Å². The maximum atomic E-state index is 14.8. The van der Waals surface area contributed by atoms with Crippen molar-refractivity contribution in [3.05, 3.63) is 72.6 Å². The summed E-state index contributed by atoms with van der Waals surface area (Å²) in [7, 11) is 0. The number of carbonyl (C=O) groups is 1. The van der Waals surface area contributed by atoms with Gasteiger partial charge in [-0.1, -0.05) is 17.3 Å². The lowest BCUT2D eigenvalue weighted by Crippen LogP contribution is -2.28. The molecule has 0 aliphatic heterocycles. The van der Waals surface area contributed by atoms with E-state index < -0.39 is 23.3 Å². The number of benzene rings is 1. The number of nitrogens with zero attached hydrogens (tertiary/aromatic N) is 5. The van der Waals surface area contributed by atoms with E-state index in [1.54, 1.807) is 16.9 Å². The average Bonchev–Trinajstić information content (AvgIpc) is 3.46. The van der Waals surface area contributed by atoms with Crippen molar-refractivity contribution in [3.8, 4) is 11.1 Å². The van der Waals surface area contributed by atoms with Crippen molar-refractivity contribution >= 4 is 23.4 Å². The molecular formula is C25H22F4N7O2. The summed E-state index contributed by atoms with van der Waals surface area (Å²) in [6, 6.07) is 5.38. The van der Waals surface area contributed by atoms with E-state index in [9.17, 15) is 22.4 Å². The number of amides is 1. The van der Waals surface area contributed by atoms with Crippen LogP contribution in [0.3, 0.4) is 0 Å². The van der Waals surface area contributed by atoms with Gasteiger partial charge in [0.05, 0.1) is 17.8 Å². The molecule has 1 radical (unpaired) electrons. The number of rotatable bonds is 8. The monoisotopic (exact) mass is 528 g/mol. The number of alkyl halides is 3.